The summed E-state index contributed by atoms with van der Waals surface area (Å²) in [5.41, 5.74) is 0.715. The zero-order valence-electron chi connectivity index (χ0n) is 16.1. The zero-order valence-corrected chi connectivity index (χ0v) is 16.1. The van der Waals surface area contributed by atoms with Gasteiger partial charge >= 0.3 is 0 Å². The van der Waals surface area contributed by atoms with Crippen LogP contribution >= 0.6 is 0 Å². The van der Waals surface area contributed by atoms with Crippen molar-refractivity contribution in [3.8, 4) is 11.8 Å². The predicted octanol–water partition coefficient (Wildman–Crippen LogP) is 4.63. The molecule has 0 amide bonds. The van der Waals surface area contributed by atoms with Crippen molar-refractivity contribution in [1.29, 1.82) is 0 Å². The lowest BCUT2D eigenvalue weighted by atomic mass is 9.65. The molecule has 2 heteroatoms. The standard InChI is InChI=1S/C21H35NO/c1-18(2)13-17-14-20(5,15-18)16-22(17)12-8-11-21(6)10-7-9-19(3,4)23-21/h17H,7,9-10,12-16H2,1-6H3/t17-,20-,21-/m1/s1. The molecule has 0 N–H and O–H groups in total. The van der Waals surface area contributed by atoms with E-state index in [2.05, 4.69) is 58.3 Å². The van der Waals surface area contributed by atoms with Gasteiger partial charge in [-0.15, -0.1) is 0 Å². The molecule has 0 spiro atoms. The van der Waals surface area contributed by atoms with Crippen LogP contribution in [-0.4, -0.2) is 35.2 Å². The van der Waals surface area contributed by atoms with Crippen LogP contribution in [-0.2, 0) is 4.74 Å². The molecule has 130 valence electrons. The monoisotopic (exact) mass is 317 g/mol. The molecule has 2 aliphatic heterocycles. The first kappa shape index (κ1) is 17.3. The normalized spacial score (nSPS) is 42.1. The molecule has 2 heterocycles. The molecule has 23 heavy (non-hydrogen) atoms. The molecule has 3 fully saturated rings. The summed E-state index contributed by atoms with van der Waals surface area (Å²) >= 11 is 0. The summed E-state index contributed by atoms with van der Waals surface area (Å²) in [7, 11) is 0. The molecule has 0 aromatic heterocycles. The van der Waals surface area contributed by atoms with E-state index in [1.165, 1.54) is 32.2 Å². The van der Waals surface area contributed by atoms with Gasteiger partial charge in [0.2, 0.25) is 0 Å². The second-order valence-electron chi connectivity index (χ2n) is 10.4. The van der Waals surface area contributed by atoms with Crippen molar-refractivity contribution in [3.63, 3.8) is 0 Å². The van der Waals surface area contributed by atoms with E-state index < -0.39 is 0 Å². The maximum atomic E-state index is 6.27. The van der Waals surface area contributed by atoms with Gasteiger partial charge in [-0.25, -0.2) is 0 Å². The van der Waals surface area contributed by atoms with Crippen molar-refractivity contribution in [2.75, 3.05) is 13.1 Å². The van der Waals surface area contributed by atoms with Gasteiger partial charge in [-0.2, -0.15) is 0 Å². The quantitative estimate of drug-likeness (QED) is 0.654. The summed E-state index contributed by atoms with van der Waals surface area (Å²) in [6, 6.07) is 0.731. The Bertz CT molecular complexity index is 526. The van der Waals surface area contributed by atoms with Gasteiger partial charge in [0.05, 0.1) is 12.1 Å². The summed E-state index contributed by atoms with van der Waals surface area (Å²) in [5, 5.41) is 0. The van der Waals surface area contributed by atoms with Gasteiger partial charge in [-0.1, -0.05) is 32.6 Å². The molecular weight excluding hydrogens is 282 g/mol. The van der Waals surface area contributed by atoms with E-state index in [0.717, 1.165) is 25.4 Å². The molecule has 3 rings (SSSR count). The van der Waals surface area contributed by atoms with Gasteiger partial charge < -0.3 is 4.74 Å². The molecule has 2 nitrogen and oxygen atoms in total. The largest absolute Gasteiger partial charge is 0.357 e. The lowest BCUT2D eigenvalue weighted by Gasteiger charge is -2.40. The summed E-state index contributed by atoms with van der Waals surface area (Å²) in [5.74, 6) is 6.96. The molecule has 0 unspecified atom stereocenters. The second kappa shape index (κ2) is 5.50. The van der Waals surface area contributed by atoms with Crippen molar-refractivity contribution in [3.05, 3.63) is 0 Å². The topological polar surface area (TPSA) is 12.5 Å². The molecule has 0 radical (unpaired) electrons. The Balaban J connectivity index is 1.64. The highest BCUT2D eigenvalue weighted by molar-refractivity contribution is 5.17. The Kier molecular flexibility index (Phi) is 4.14. The maximum Gasteiger partial charge on any atom is 0.126 e. The van der Waals surface area contributed by atoms with Crippen LogP contribution in [0.3, 0.4) is 0 Å². The fourth-order valence-corrected chi connectivity index (χ4v) is 5.74. The van der Waals surface area contributed by atoms with Crippen LogP contribution in [0.25, 0.3) is 0 Å². The van der Waals surface area contributed by atoms with Gasteiger partial charge in [0.25, 0.3) is 0 Å². The lowest BCUT2D eigenvalue weighted by Crippen LogP contribution is -2.42. The SMILES string of the molecule is CC1(C)C[C@@H]2C[C@@](C)(CN2CC#C[C@@]2(C)CCCC(C)(C)O2)C1. The minimum atomic E-state index is -0.250. The molecule has 1 aliphatic carbocycles. The number of ether oxygens (including phenoxy) is 1. The smallest absolute Gasteiger partial charge is 0.126 e. The number of fused-ring (bicyclic) bond motifs is 2. The van der Waals surface area contributed by atoms with E-state index in [1.807, 2.05) is 0 Å². The van der Waals surface area contributed by atoms with Crippen LogP contribution in [0.15, 0.2) is 0 Å². The first-order valence-corrected chi connectivity index (χ1v) is 9.44. The van der Waals surface area contributed by atoms with Gasteiger partial charge in [0, 0.05) is 12.6 Å². The van der Waals surface area contributed by atoms with Gasteiger partial charge in [-0.05, 0) is 70.1 Å². The average molecular weight is 318 g/mol. The number of likely N-dealkylation sites (tertiary alicyclic amines) is 1. The molecule has 2 saturated heterocycles. The Labute approximate surface area is 143 Å². The number of hydrogen-bond acceptors (Lipinski definition) is 2. The number of hydrogen-bond donors (Lipinski definition) is 0. The van der Waals surface area contributed by atoms with E-state index >= 15 is 0 Å². The minimum Gasteiger partial charge on any atom is -0.357 e. The van der Waals surface area contributed by atoms with E-state index in [1.54, 1.807) is 0 Å². The number of nitrogens with zero attached hydrogens (tertiary/aromatic N) is 1. The summed E-state index contributed by atoms with van der Waals surface area (Å²) in [6.45, 7) is 16.0. The van der Waals surface area contributed by atoms with Crippen LogP contribution < -0.4 is 0 Å². The van der Waals surface area contributed by atoms with E-state index in [4.69, 9.17) is 4.74 Å². The fraction of sp³-hybridized carbons (Fsp3) is 0.905. The Hall–Kier alpha value is -0.520. The summed E-state index contributed by atoms with van der Waals surface area (Å²) in [4.78, 5) is 2.64. The van der Waals surface area contributed by atoms with Crippen LogP contribution in [0.5, 0.6) is 0 Å². The summed E-state index contributed by atoms with van der Waals surface area (Å²) in [6.07, 6.45) is 7.47. The summed E-state index contributed by atoms with van der Waals surface area (Å²) < 4.78 is 6.27. The third-order valence-corrected chi connectivity index (χ3v) is 6.09. The van der Waals surface area contributed by atoms with Crippen LogP contribution in [0.4, 0.5) is 0 Å². The Morgan fingerprint density at radius 2 is 1.78 bits per heavy atom. The molecule has 3 aliphatic rings. The fourth-order valence-electron chi connectivity index (χ4n) is 5.74. The third kappa shape index (κ3) is 3.94. The van der Waals surface area contributed by atoms with E-state index in [-0.39, 0.29) is 11.2 Å². The molecule has 1 saturated carbocycles. The van der Waals surface area contributed by atoms with Crippen molar-refractivity contribution in [2.24, 2.45) is 10.8 Å². The maximum absolute atomic E-state index is 6.27. The lowest BCUT2D eigenvalue weighted by molar-refractivity contribution is -0.135. The van der Waals surface area contributed by atoms with Crippen LogP contribution in [0.1, 0.15) is 80.1 Å². The van der Waals surface area contributed by atoms with Crippen molar-refractivity contribution in [1.82, 2.24) is 4.90 Å². The minimum absolute atomic E-state index is 0.0244. The molecule has 3 atom stereocenters. The van der Waals surface area contributed by atoms with Crippen LogP contribution in [0.2, 0.25) is 0 Å². The second-order valence-corrected chi connectivity index (χ2v) is 10.4. The first-order valence-electron chi connectivity index (χ1n) is 9.44. The van der Waals surface area contributed by atoms with E-state index in [9.17, 15) is 0 Å². The molecular formula is C21H35NO. The van der Waals surface area contributed by atoms with Gasteiger partial charge in [0.15, 0.2) is 0 Å². The van der Waals surface area contributed by atoms with Crippen molar-refractivity contribution >= 4 is 0 Å². The van der Waals surface area contributed by atoms with Crippen molar-refractivity contribution in [2.45, 2.75) is 97.3 Å². The highest BCUT2D eigenvalue weighted by Gasteiger charge is 2.49. The predicted molar refractivity (Wildman–Crippen MR) is 96.3 cm³/mol. The number of rotatable bonds is 1. The molecule has 2 bridgehead atoms. The molecule has 0 aromatic rings. The first-order chi connectivity index (χ1) is 10.5. The average Bonchev–Trinajstić information content (AvgIpc) is 2.56. The molecule has 0 aromatic carbocycles. The third-order valence-electron chi connectivity index (χ3n) is 6.09. The van der Waals surface area contributed by atoms with Crippen molar-refractivity contribution < 1.29 is 4.74 Å². The van der Waals surface area contributed by atoms with Gasteiger partial charge in [0.1, 0.15) is 5.60 Å². The highest BCUT2D eigenvalue weighted by Crippen LogP contribution is 2.52. The zero-order chi connectivity index (χ0) is 16.9. The highest BCUT2D eigenvalue weighted by atomic mass is 16.5. The Morgan fingerprint density at radius 3 is 2.48 bits per heavy atom. The Morgan fingerprint density at radius 1 is 1.04 bits per heavy atom. The van der Waals surface area contributed by atoms with Crippen LogP contribution in [0, 0.1) is 22.7 Å². The van der Waals surface area contributed by atoms with E-state index in [0.29, 0.717) is 10.8 Å². The van der Waals surface area contributed by atoms with Gasteiger partial charge in [-0.3, -0.25) is 4.90 Å².